The van der Waals surface area contributed by atoms with Crippen molar-refractivity contribution in [1.29, 1.82) is 0 Å². The van der Waals surface area contributed by atoms with Crippen LogP contribution in [0.5, 0.6) is 0 Å². The molecular weight excluding hydrogens is 304 g/mol. The first-order valence-corrected chi connectivity index (χ1v) is 8.52. The van der Waals surface area contributed by atoms with Gasteiger partial charge in [-0.25, -0.2) is 0 Å². The van der Waals surface area contributed by atoms with E-state index in [1.165, 1.54) is 0 Å². The van der Waals surface area contributed by atoms with E-state index in [1.807, 2.05) is 19.1 Å². The second-order valence-corrected chi connectivity index (χ2v) is 6.89. The number of ketones is 1. The minimum atomic E-state index is -0.307. The zero-order valence-electron chi connectivity index (χ0n) is 14.5. The summed E-state index contributed by atoms with van der Waals surface area (Å²) in [7, 11) is 0. The Kier molecular flexibility index (Phi) is 4.35. The maximum atomic E-state index is 12.7. The highest BCUT2D eigenvalue weighted by molar-refractivity contribution is 6.14. The second-order valence-electron chi connectivity index (χ2n) is 6.89. The summed E-state index contributed by atoms with van der Waals surface area (Å²) in [6.45, 7) is 7.06. The Morgan fingerprint density at radius 1 is 1.33 bits per heavy atom. The molecule has 0 radical (unpaired) electrons. The van der Waals surface area contributed by atoms with Crippen LogP contribution in [-0.2, 0) is 4.79 Å². The van der Waals surface area contributed by atoms with Gasteiger partial charge in [-0.05, 0) is 38.3 Å². The fourth-order valence-corrected chi connectivity index (χ4v) is 3.55. The minimum absolute atomic E-state index is 0.104. The predicted octanol–water partition coefficient (Wildman–Crippen LogP) is 3.60. The monoisotopic (exact) mass is 328 g/mol. The third-order valence-corrected chi connectivity index (χ3v) is 4.89. The van der Waals surface area contributed by atoms with Crippen molar-refractivity contribution in [3.63, 3.8) is 0 Å². The molecule has 5 nitrogen and oxygen atoms in total. The van der Waals surface area contributed by atoms with Crippen molar-refractivity contribution in [2.24, 2.45) is 5.73 Å². The lowest BCUT2D eigenvalue weighted by Gasteiger charge is -2.34. The molecule has 1 amide bonds. The first-order chi connectivity index (χ1) is 11.4. The molecule has 0 saturated carbocycles. The first-order valence-electron chi connectivity index (χ1n) is 8.52. The number of carbonyl (C=O) groups is 2. The fourth-order valence-electron chi connectivity index (χ4n) is 3.55. The van der Waals surface area contributed by atoms with Gasteiger partial charge in [-0.2, -0.15) is 0 Å². The summed E-state index contributed by atoms with van der Waals surface area (Å²) < 4.78 is 5.70. The number of primary amides is 1. The van der Waals surface area contributed by atoms with Gasteiger partial charge in [0.15, 0.2) is 5.78 Å². The van der Waals surface area contributed by atoms with Crippen LogP contribution in [0.1, 0.15) is 61.9 Å². The Balaban J connectivity index is 2.12. The van der Waals surface area contributed by atoms with Gasteiger partial charge in [-0.1, -0.05) is 6.92 Å². The van der Waals surface area contributed by atoms with E-state index >= 15 is 0 Å². The van der Waals surface area contributed by atoms with Gasteiger partial charge < -0.3 is 15.1 Å². The summed E-state index contributed by atoms with van der Waals surface area (Å²) in [6, 6.07) is 4.25. The number of benzene rings is 1. The Morgan fingerprint density at radius 2 is 2.08 bits per heavy atom. The van der Waals surface area contributed by atoms with Crippen molar-refractivity contribution in [3.8, 4) is 0 Å². The lowest BCUT2D eigenvalue weighted by Crippen LogP contribution is -2.37. The SMILES string of the molecule is CC(CCC(N)=O)c1coc2ccc3c(c12)C(=O)CCN3C(C)C. The van der Waals surface area contributed by atoms with Crippen molar-refractivity contribution in [1.82, 2.24) is 0 Å². The number of hydrogen-bond acceptors (Lipinski definition) is 4. The standard InChI is InChI=1S/C19H24N2O3/c1-11(2)21-9-8-15(22)19-14(21)5-6-16-18(19)13(10-24-16)12(3)4-7-17(20)23/h5-6,10-12H,4,7-9H2,1-3H3,(H2,20,23). The number of Topliss-reactive ketones (excluding diaryl/α,β-unsaturated/α-hetero) is 1. The number of amides is 1. The van der Waals surface area contributed by atoms with Crippen molar-refractivity contribution in [3.05, 3.63) is 29.5 Å². The quantitative estimate of drug-likeness (QED) is 0.909. The average molecular weight is 328 g/mol. The summed E-state index contributed by atoms with van der Waals surface area (Å²) in [5.74, 6) is -0.0385. The fraction of sp³-hybridized carbons (Fsp3) is 0.474. The summed E-state index contributed by atoms with van der Waals surface area (Å²) in [5.41, 5.74) is 8.74. The molecule has 2 aromatic rings. The van der Waals surface area contributed by atoms with Crippen LogP contribution in [0, 0.1) is 0 Å². The molecule has 0 saturated heterocycles. The largest absolute Gasteiger partial charge is 0.464 e. The molecule has 2 heterocycles. The van der Waals surface area contributed by atoms with E-state index in [-0.39, 0.29) is 17.6 Å². The van der Waals surface area contributed by atoms with E-state index in [2.05, 4.69) is 18.7 Å². The van der Waals surface area contributed by atoms with Crippen LogP contribution in [0.4, 0.5) is 5.69 Å². The number of fused-ring (bicyclic) bond motifs is 3. The number of rotatable bonds is 5. The summed E-state index contributed by atoms with van der Waals surface area (Å²) in [5, 5.41) is 0.903. The third kappa shape index (κ3) is 2.79. The maximum absolute atomic E-state index is 12.7. The second kappa shape index (κ2) is 6.30. The first kappa shape index (κ1) is 16.6. The molecule has 1 aromatic heterocycles. The zero-order valence-corrected chi connectivity index (χ0v) is 14.5. The number of nitrogens with zero attached hydrogens (tertiary/aromatic N) is 1. The Bertz CT molecular complexity index is 791. The van der Waals surface area contributed by atoms with E-state index < -0.39 is 0 Å². The molecule has 1 aliphatic heterocycles. The molecule has 1 unspecified atom stereocenters. The van der Waals surface area contributed by atoms with Crippen molar-refractivity contribution in [2.45, 2.75) is 52.0 Å². The van der Waals surface area contributed by atoms with Crippen LogP contribution in [0.25, 0.3) is 11.0 Å². The third-order valence-electron chi connectivity index (χ3n) is 4.89. The lowest BCUT2D eigenvalue weighted by molar-refractivity contribution is -0.118. The Morgan fingerprint density at radius 3 is 2.75 bits per heavy atom. The molecule has 1 aliphatic rings. The highest BCUT2D eigenvalue weighted by atomic mass is 16.3. The van der Waals surface area contributed by atoms with E-state index in [9.17, 15) is 9.59 Å². The van der Waals surface area contributed by atoms with Gasteiger partial charge in [-0.3, -0.25) is 9.59 Å². The van der Waals surface area contributed by atoms with Gasteiger partial charge in [-0.15, -0.1) is 0 Å². The predicted molar refractivity (Wildman–Crippen MR) is 94.5 cm³/mol. The van der Waals surface area contributed by atoms with E-state index in [1.54, 1.807) is 6.26 Å². The maximum Gasteiger partial charge on any atom is 0.217 e. The molecule has 0 fully saturated rings. The van der Waals surface area contributed by atoms with E-state index in [4.69, 9.17) is 10.2 Å². The van der Waals surface area contributed by atoms with Crippen LogP contribution in [0.15, 0.2) is 22.8 Å². The molecule has 0 bridgehead atoms. The average Bonchev–Trinajstić information content (AvgIpc) is 2.96. The summed E-state index contributed by atoms with van der Waals surface area (Å²) in [6.07, 6.45) is 3.22. The van der Waals surface area contributed by atoms with E-state index in [0.29, 0.717) is 25.3 Å². The van der Waals surface area contributed by atoms with Gasteiger partial charge in [0, 0.05) is 42.1 Å². The molecule has 24 heavy (non-hydrogen) atoms. The smallest absolute Gasteiger partial charge is 0.217 e. The number of furan rings is 1. The topological polar surface area (TPSA) is 76.5 Å². The van der Waals surface area contributed by atoms with Gasteiger partial charge in [0.2, 0.25) is 5.91 Å². The van der Waals surface area contributed by atoms with E-state index in [0.717, 1.165) is 34.3 Å². The normalized spacial score (nSPS) is 15.8. The van der Waals surface area contributed by atoms with Gasteiger partial charge in [0.1, 0.15) is 5.58 Å². The summed E-state index contributed by atoms with van der Waals surface area (Å²) >= 11 is 0. The van der Waals surface area contributed by atoms with Crippen LogP contribution in [-0.4, -0.2) is 24.3 Å². The molecule has 0 aliphatic carbocycles. The highest BCUT2D eigenvalue weighted by Gasteiger charge is 2.29. The molecule has 3 rings (SSSR count). The van der Waals surface area contributed by atoms with Crippen LogP contribution in [0.2, 0.25) is 0 Å². The molecule has 128 valence electrons. The van der Waals surface area contributed by atoms with Crippen molar-refractivity contribution >= 4 is 28.3 Å². The molecule has 0 spiro atoms. The van der Waals surface area contributed by atoms with Gasteiger partial charge in [0.05, 0.1) is 11.8 Å². The number of hydrogen-bond donors (Lipinski definition) is 1. The number of nitrogens with two attached hydrogens (primary N) is 1. The Hall–Kier alpha value is -2.30. The Labute approximate surface area is 141 Å². The minimum Gasteiger partial charge on any atom is -0.464 e. The van der Waals surface area contributed by atoms with Crippen LogP contribution >= 0.6 is 0 Å². The molecule has 1 aromatic carbocycles. The van der Waals surface area contributed by atoms with Crippen molar-refractivity contribution in [2.75, 3.05) is 11.4 Å². The molecular formula is C19H24N2O3. The van der Waals surface area contributed by atoms with Crippen LogP contribution < -0.4 is 10.6 Å². The zero-order chi connectivity index (χ0) is 17.4. The van der Waals surface area contributed by atoms with Gasteiger partial charge >= 0.3 is 0 Å². The van der Waals surface area contributed by atoms with Gasteiger partial charge in [0.25, 0.3) is 0 Å². The lowest BCUT2D eigenvalue weighted by atomic mass is 9.89. The molecule has 5 heteroatoms. The number of carbonyl (C=O) groups excluding carboxylic acids is 2. The molecule has 1 atom stereocenters. The van der Waals surface area contributed by atoms with Crippen molar-refractivity contribution < 1.29 is 14.0 Å². The summed E-state index contributed by atoms with van der Waals surface area (Å²) in [4.78, 5) is 26.0. The highest BCUT2D eigenvalue weighted by Crippen LogP contribution is 2.40. The number of anilines is 1. The van der Waals surface area contributed by atoms with Crippen LogP contribution in [0.3, 0.4) is 0 Å². The molecule has 2 N–H and O–H groups in total.